The minimum absolute atomic E-state index is 0.145. The average molecular weight is 836 g/mol. The molecule has 2 heterocycles. The zero-order chi connectivity index (χ0) is 37.7. The summed E-state index contributed by atoms with van der Waals surface area (Å²) in [6, 6.07) is 7.98. The third-order valence-electron chi connectivity index (χ3n) is 6.60. The van der Waals surface area contributed by atoms with Gasteiger partial charge in [-0.3, -0.25) is 0 Å². The lowest BCUT2D eigenvalue weighted by Gasteiger charge is -2.28. The topological polar surface area (TPSA) is 133 Å². The van der Waals surface area contributed by atoms with Gasteiger partial charge < -0.3 is 10.2 Å². The maximum absolute atomic E-state index is 13.5. The Morgan fingerprint density at radius 1 is 0.580 bits per heavy atom. The van der Waals surface area contributed by atoms with E-state index < -0.39 is 81.2 Å². The normalized spacial score (nSPS) is 15.1. The highest BCUT2D eigenvalue weighted by Crippen LogP contribution is 2.40. The molecular weight excluding hydrogens is 811 g/mol. The Labute approximate surface area is 298 Å². The van der Waals surface area contributed by atoms with Gasteiger partial charge in [0.1, 0.15) is 20.1 Å². The minimum Gasteiger partial charge on any atom is -0.395 e. The maximum Gasteiger partial charge on any atom is 0.397 e. The highest BCUT2D eigenvalue weighted by Gasteiger charge is 2.48. The number of halogens is 10. The van der Waals surface area contributed by atoms with Crippen LogP contribution >= 0.6 is 45.9 Å². The number of nitrogens with one attached hydrogen (secondary N) is 2. The van der Waals surface area contributed by atoms with Crippen LogP contribution < -0.4 is 9.44 Å². The highest BCUT2D eigenvalue weighted by atomic mass is 35.5. The number of hydrogen-bond donors (Lipinski definition) is 4. The van der Waals surface area contributed by atoms with Crippen LogP contribution in [-0.2, 0) is 20.0 Å². The van der Waals surface area contributed by atoms with Crippen molar-refractivity contribution >= 4 is 65.9 Å². The third kappa shape index (κ3) is 11.3. The Morgan fingerprint density at radius 3 is 1.10 bits per heavy atom. The molecule has 4 atom stereocenters. The lowest BCUT2D eigenvalue weighted by Crippen LogP contribution is -2.46. The average Bonchev–Trinajstić information content (AvgIpc) is 3.66. The number of rotatable bonds is 12. The van der Waals surface area contributed by atoms with Gasteiger partial charge >= 0.3 is 12.4 Å². The number of aliphatic hydroxyl groups excluding tert-OH is 2. The van der Waals surface area contributed by atoms with Crippen molar-refractivity contribution < 1.29 is 62.2 Å². The molecule has 2 aromatic heterocycles. The Morgan fingerprint density at radius 2 is 0.880 bits per heavy atom. The van der Waals surface area contributed by atoms with Crippen LogP contribution in [0.3, 0.4) is 0 Å². The molecule has 0 saturated heterocycles. The fourth-order valence-electron chi connectivity index (χ4n) is 4.46. The van der Waals surface area contributed by atoms with Gasteiger partial charge in [0.25, 0.3) is 0 Å². The van der Waals surface area contributed by atoms with Crippen molar-refractivity contribution in [3.8, 4) is 0 Å². The molecule has 4 rings (SSSR count). The summed E-state index contributed by atoms with van der Waals surface area (Å²) in [5, 5.41) is 18.7. The molecule has 0 aliphatic carbocycles. The zero-order valence-electron chi connectivity index (χ0n) is 24.6. The van der Waals surface area contributed by atoms with Gasteiger partial charge in [-0.1, -0.05) is 47.5 Å². The summed E-state index contributed by atoms with van der Waals surface area (Å²) in [5.41, 5.74) is -0.750. The summed E-state index contributed by atoms with van der Waals surface area (Å²) >= 11 is 12.6. The summed E-state index contributed by atoms with van der Waals surface area (Å²) in [7, 11) is -8.64. The van der Waals surface area contributed by atoms with Crippen molar-refractivity contribution in [3.63, 3.8) is 0 Å². The Bertz CT molecular complexity index is 1780. The molecule has 8 nitrogen and oxygen atoms in total. The van der Waals surface area contributed by atoms with Crippen molar-refractivity contribution in [1.82, 2.24) is 9.44 Å². The van der Waals surface area contributed by atoms with Gasteiger partial charge in [-0.25, -0.2) is 35.1 Å². The molecule has 2 aromatic carbocycles. The second-order valence-corrected chi connectivity index (χ2v) is 17.4. The fourth-order valence-corrected chi connectivity index (χ4v) is 9.94. The molecule has 4 N–H and O–H groups in total. The van der Waals surface area contributed by atoms with Gasteiger partial charge in [-0.2, -0.15) is 26.3 Å². The van der Waals surface area contributed by atoms with Crippen molar-refractivity contribution in [2.75, 3.05) is 13.2 Å². The van der Waals surface area contributed by atoms with E-state index >= 15 is 0 Å². The van der Waals surface area contributed by atoms with E-state index in [1.807, 2.05) is 9.44 Å². The molecule has 0 saturated carbocycles. The first-order valence-corrected chi connectivity index (χ1v) is 18.9. The number of alkyl halides is 6. The standard InChI is InChI=1S/2C14H12ClF4NO3S2/c2*15-11-5-6-12(24-11)25(22,23)20-10(7-21)13(14(17,18)19)8-1-3-9(16)4-2-8/h2*1-6,10,13,20-21H,7H2/t10-,13+;10-,13-/m11/s1. The van der Waals surface area contributed by atoms with Crippen LogP contribution in [0.1, 0.15) is 23.0 Å². The number of hydrogen-bond acceptors (Lipinski definition) is 8. The van der Waals surface area contributed by atoms with Crippen molar-refractivity contribution in [2.45, 2.75) is 44.7 Å². The number of sulfonamides is 2. The molecule has 0 radical (unpaired) electrons. The molecule has 0 aliphatic rings. The van der Waals surface area contributed by atoms with E-state index in [0.29, 0.717) is 22.7 Å². The largest absolute Gasteiger partial charge is 0.397 e. The van der Waals surface area contributed by atoms with E-state index in [1.54, 1.807) is 0 Å². The molecule has 4 aromatic rings. The zero-order valence-corrected chi connectivity index (χ0v) is 29.4. The Hall–Kier alpha value is -2.40. The molecule has 0 aliphatic heterocycles. The van der Waals surface area contributed by atoms with Crippen molar-refractivity contribution in [1.29, 1.82) is 0 Å². The Balaban J connectivity index is 0.000000270. The first kappa shape index (κ1) is 42.0. The van der Waals surface area contributed by atoms with Gasteiger partial charge in [-0.05, 0) is 59.7 Å². The molecule has 0 unspecified atom stereocenters. The second kappa shape index (κ2) is 17.0. The van der Waals surface area contributed by atoms with E-state index in [0.717, 1.165) is 60.7 Å². The number of thiophene rings is 2. The quantitative estimate of drug-likeness (QED) is 0.113. The summed E-state index contributed by atoms with van der Waals surface area (Å²) in [5.74, 6) is -6.19. The van der Waals surface area contributed by atoms with Gasteiger partial charge in [0.2, 0.25) is 20.0 Å². The number of benzene rings is 2. The second-order valence-electron chi connectivity index (χ2n) is 10.1. The predicted molar refractivity (Wildman–Crippen MR) is 171 cm³/mol. The number of aliphatic hydroxyl groups is 2. The summed E-state index contributed by atoms with van der Waals surface area (Å²) < 4.78 is 159. The van der Waals surface area contributed by atoms with E-state index in [2.05, 4.69) is 0 Å². The molecule has 0 fully saturated rings. The van der Waals surface area contributed by atoms with Gasteiger partial charge in [0, 0.05) is 0 Å². The van der Waals surface area contributed by atoms with E-state index in [1.165, 1.54) is 12.1 Å². The Kier molecular flexibility index (Phi) is 14.2. The van der Waals surface area contributed by atoms with E-state index in [-0.39, 0.29) is 28.2 Å². The molecular formula is C28H24Cl2F8N2O6S4. The summed E-state index contributed by atoms with van der Waals surface area (Å²) in [6.07, 6.45) is -9.75. The van der Waals surface area contributed by atoms with Crippen LogP contribution in [-0.4, -0.2) is 64.7 Å². The van der Waals surface area contributed by atoms with Crippen LogP contribution in [0.4, 0.5) is 35.1 Å². The lowest BCUT2D eigenvalue weighted by molar-refractivity contribution is -0.159. The first-order valence-electron chi connectivity index (χ1n) is 13.5. The molecule has 50 heavy (non-hydrogen) atoms. The monoisotopic (exact) mass is 834 g/mol. The van der Waals surface area contributed by atoms with Gasteiger partial charge in [-0.15, -0.1) is 22.7 Å². The fraction of sp³-hybridized carbons (Fsp3) is 0.286. The predicted octanol–water partition coefficient (Wildman–Crippen LogP) is 7.05. The van der Waals surface area contributed by atoms with Crippen LogP contribution in [0.15, 0.2) is 81.2 Å². The van der Waals surface area contributed by atoms with Crippen LogP contribution in [0, 0.1) is 11.6 Å². The van der Waals surface area contributed by atoms with Crippen LogP contribution in [0.5, 0.6) is 0 Å². The molecule has 0 bridgehead atoms. The molecule has 22 heteroatoms. The van der Waals surface area contributed by atoms with E-state index in [4.69, 9.17) is 23.2 Å². The first-order chi connectivity index (χ1) is 23.1. The molecule has 0 amide bonds. The molecule has 0 spiro atoms. The van der Waals surface area contributed by atoms with Crippen molar-refractivity contribution in [3.05, 3.63) is 104 Å². The SMILES string of the molecule is O=S(=O)(N[C@H](CO)[C@@H](c1ccc(F)cc1)C(F)(F)F)c1ccc(Cl)s1.O=S(=O)(N[C@H](CO)[C@H](c1ccc(F)cc1)C(F)(F)F)c1ccc(Cl)s1. The maximum atomic E-state index is 13.5. The van der Waals surface area contributed by atoms with Gasteiger partial charge in [0.05, 0.1) is 45.8 Å². The summed E-state index contributed by atoms with van der Waals surface area (Å²) in [6.45, 7) is -2.22. The van der Waals surface area contributed by atoms with Crippen LogP contribution in [0.2, 0.25) is 8.67 Å². The molecule has 276 valence electrons. The van der Waals surface area contributed by atoms with Crippen LogP contribution in [0.25, 0.3) is 0 Å². The lowest BCUT2D eigenvalue weighted by atomic mass is 9.91. The smallest absolute Gasteiger partial charge is 0.395 e. The van der Waals surface area contributed by atoms with E-state index in [9.17, 15) is 62.2 Å². The summed E-state index contributed by atoms with van der Waals surface area (Å²) in [4.78, 5) is 0. The third-order valence-corrected chi connectivity index (χ3v) is 13.0. The van der Waals surface area contributed by atoms with Crippen molar-refractivity contribution in [2.24, 2.45) is 0 Å². The van der Waals surface area contributed by atoms with Gasteiger partial charge in [0.15, 0.2) is 0 Å². The highest BCUT2D eigenvalue weighted by molar-refractivity contribution is 7.92. The minimum atomic E-state index is -4.87.